The fraction of sp³-hybridized carbons (Fsp3) is 0.500. The number of carbonyl (C=O) groups is 2. The maximum absolute atomic E-state index is 13.7. The molecule has 4 saturated carbocycles. The number of hydrogen-bond donors (Lipinski definition) is 4. The van der Waals surface area contributed by atoms with Gasteiger partial charge in [-0.25, -0.2) is 14.8 Å². The number of nitrogens with one attached hydrogen (secondary N) is 2. The zero-order chi connectivity index (χ0) is 44.2. The number of carbonyl (C=O) groups excluding carboxylic acids is 1. The van der Waals surface area contributed by atoms with Gasteiger partial charge >= 0.3 is 5.97 Å². The van der Waals surface area contributed by atoms with Crippen molar-refractivity contribution in [2.24, 2.45) is 16.2 Å². The molecule has 4 aliphatic carbocycles. The van der Waals surface area contributed by atoms with Gasteiger partial charge in [0.1, 0.15) is 5.82 Å². The molecule has 4 heterocycles. The van der Waals surface area contributed by atoms with Crippen LogP contribution in [0.2, 0.25) is 0 Å². The van der Waals surface area contributed by atoms with Crippen LogP contribution in [0.5, 0.6) is 0 Å². The summed E-state index contributed by atoms with van der Waals surface area (Å²) in [6.45, 7) is 10.5. The fourth-order valence-electron chi connectivity index (χ4n) is 12.3. The van der Waals surface area contributed by atoms with E-state index >= 15 is 0 Å². The summed E-state index contributed by atoms with van der Waals surface area (Å²) in [6, 6.07) is 17.2. The Morgan fingerprint density at radius 1 is 0.905 bits per heavy atom. The number of rotatable bonds is 17. The van der Waals surface area contributed by atoms with Crippen LogP contribution in [0.4, 0.5) is 10.9 Å². The molecule has 17 heteroatoms. The number of aromatic nitrogens is 4. The predicted molar refractivity (Wildman–Crippen MR) is 241 cm³/mol. The van der Waals surface area contributed by atoms with Gasteiger partial charge in [-0.3, -0.25) is 19.3 Å². The zero-order valence-electron chi connectivity index (χ0n) is 36.0. The molecular weight excluding hydrogens is 843 g/mol. The molecule has 334 valence electrons. The Morgan fingerprint density at radius 2 is 1.70 bits per heavy atom. The molecule has 2 atom stereocenters. The standard InChI is InChI=1S/C46H55N7O8S2/c1-30-34(21-48-53(30)29-45-24-43(2)23-44(3,25-45)27-46(26-43,28-45)61-19-18-60-17-14-47-15-20-63(57,58)59)32-11-12-38(50-39(32)41(55)56)52-16-13-31-7-6-8-33(35(31)22-52)40(54)51-42-49-36-9-4-5-10-37(36)62-42/h4-12,21,47H,13-20,22-29H2,1-3H3,(H,55,56)(H,49,51,54)(H,57,58,59). The molecule has 4 N–H and O–H groups in total. The number of hydrogen-bond acceptors (Lipinski definition) is 12. The van der Waals surface area contributed by atoms with Gasteiger partial charge in [0.25, 0.3) is 16.0 Å². The molecular formula is C46H55N7O8S2. The van der Waals surface area contributed by atoms with Gasteiger partial charge in [-0.15, -0.1) is 0 Å². The first kappa shape index (κ1) is 43.5. The second-order valence-electron chi connectivity index (χ2n) is 19.1. The molecule has 5 aromatic rings. The Balaban J connectivity index is 0.886. The molecule has 0 saturated heterocycles. The summed E-state index contributed by atoms with van der Waals surface area (Å²) < 4.78 is 46.4. The van der Waals surface area contributed by atoms with Crippen molar-refractivity contribution in [3.05, 3.63) is 88.9 Å². The fourth-order valence-corrected chi connectivity index (χ4v) is 13.6. The van der Waals surface area contributed by atoms with Gasteiger partial charge in [-0.05, 0) is 110 Å². The third-order valence-electron chi connectivity index (χ3n) is 13.6. The predicted octanol–water partition coefficient (Wildman–Crippen LogP) is 7.01. The lowest BCUT2D eigenvalue weighted by Crippen LogP contribution is -2.64. The van der Waals surface area contributed by atoms with E-state index in [1.807, 2.05) is 66.4 Å². The highest BCUT2D eigenvalue weighted by Gasteiger charge is 2.66. The molecule has 5 aliphatic rings. The van der Waals surface area contributed by atoms with E-state index in [1.165, 1.54) is 11.3 Å². The van der Waals surface area contributed by atoms with Crippen molar-refractivity contribution in [3.8, 4) is 11.1 Å². The average molecular weight is 898 g/mol. The number of carboxylic acids is 1. The van der Waals surface area contributed by atoms with E-state index in [0.717, 1.165) is 71.1 Å². The van der Waals surface area contributed by atoms with Crippen molar-refractivity contribution in [3.63, 3.8) is 0 Å². The minimum absolute atomic E-state index is 0.0407. The van der Waals surface area contributed by atoms with Crippen molar-refractivity contribution >= 4 is 54.5 Å². The van der Waals surface area contributed by atoms with Gasteiger partial charge in [0.2, 0.25) is 0 Å². The van der Waals surface area contributed by atoms with E-state index < -0.39 is 16.1 Å². The van der Waals surface area contributed by atoms with Gasteiger partial charge in [0.05, 0.1) is 47.6 Å². The summed E-state index contributed by atoms with van der Waals surface area (Å²) in [4.78, 5) is 38.0. The second kappa shape index (κ2) is 16.7. The number of thiazole rings is 1. The quantitative estimate of drug-likeness (QED) is 0.0550. The molecule has 4 bridgehead atoms. The summed E-state index contributed by atoms with van der Waals surface area (Å²) in [7, 11) is -3.99. The third kappa shape index (κ3) is 9.13. The van der Waals surface area contributed by atoms with Crippen molar-refractivity contribution in [1.82, 2.24) is 25.1 Å². The van der Waals surface area contributed by atoms with Crippen LogP contribution in [-0.4, -0.2) is 101 Å². The molecule has 0 spiro atoms. The number of fused-ring (bicyclic) bond motifs is 2. The van der Waals surface area contributed by atoms with E-state index in [0.29, 0.717) is 74.5 Å². The van der Waals surface area contributed by atoms with Gasteiger partial charge in [-0.2, -0.15) is 13.5 Å². The summed E-state index contributed by atoms with van der Waals surface area (Å²) >= 11 is 1.43. The first-order chi connectivity index (χ1) is 30.0. The highest BCUT2D eigenvalue weighted by molar-refractivity contribution is 7.85. The van der Waals surface area contributed by atoms with Crippen LogP contribution in [0.1, 0.15) is 90.0 Å². The monoisotopic (exact) mass is 897 g/mol. The van der Waals surface area contributed by atoms with Crippen molar-refractivity contribution in [2.45, 2.75) is 84.4 Å². The first-order valence-corrected chi connectivity index (χ1v) is 24.1. The first-order valence-electron chi connectivity index (χ1n) is 21.7. The van der Waals surface area contributed by atoms with Crippen LogP contribution in [0.15, 0.2) is 60.8 Å². The smallest absolute Gasteiger partial charge is 0.355 e. The molecule has 0 radical (unpaired) electrons. The van der Waals surface area contributed by atoms with E-state index in [1.54, 1.807) is 6.20 Å². The number of carboxylic acid groups (broad SMARTS) is 1. The molecule has 2 aromatic carbocycles. The molecule has 15 nitrogen and oxygen atoms in total. The van der Waals surface area contributed by atoms with Crippen LogP contribution in [0.3, 0.4) is 0 Å². The molecule has 3 aromatic heterocycles. The maximum atomic E-state index is 13.7. The Kier molecular flexibility index (Phi) is 11.5. The number of anilines is 2. The van der Waals surface area contributed by atoms with E-state index in [4.69, 9.17) is 24.1 Å². The van der Waals surface area contributed by atoms with Gasteiger partial charge in [0, 0.05) is 55.1 Å². The van der Waals surface area contributed by atoms with Crippen LogP contribution in [0.25, 0.3) is 21.3 Å². The van der Waals surface area contributed by atoms with Crippen LogP contribution < -0.4 is 15.5 Å². The number of ether oxygens (including phenoxy) is 2. The Bertz CT molecular complexity index is 2630. The van der Waals surface area contributed by atoms with Crippen LogP contribution in [-0.2, 0) is 39.1 Å². The molecule has 4 fully saturated rings. The summed E-state index contributed by atoms with van der Waals surface area (Å²) in [6.07, 6.45) is 8.66. The number of benzene rings is 2. The van der Waals surface area contributed by atoms with E-state index in [-0.39, 0.29) is 45.7 Å². The summed E-state index contributed by atoms with van der Waals surface area (Å²) in [5.74, 6) is -1.16. The van der Waals surface area contributed by atoms with Gasteiger partial charge in [0.15, 0.2) is 10.8 Å². The van der Waals surface area contributed by atoms with Crippen LogP contribution >= 0.6 is 11.3 Å². The number of amides is 1. The molecule has 1 aliphatic heterocycles. The molecule has 63 heavy (non-hydrogen) atoms. The zero-order valence-corrected chi connectivity index (χ0v) is 37.6. The lowest BCUT2D eigenvalue weighted by molar-refractivity contribution is -0.250. The summed E-state index contributed by atoms with van der Waals surface area (Å²) in [5, 5.41) is 22.0. The normalized spacial score (nSPS) is 25.1. The molecule has 1 amide bonds. The third-order valence-corrected chi connectivity index (χ3v) is 15.2. The van der Waals surface area contributed by atoms with Gasteiger partial charge < -0.3 is 24.8 Å². The largest absolute Gasteiger partial charge is 0.476 e. The minimum Gasteiger partial charge on any atom is -0.476 e. The lowest BCUT2D eigenvalue weighted by atomic mass is 9.39. The SMILES string of the molecule is Cc1c(-c2ccc(N3CCc4cccc(C(=O)Nc5nc6ccccc6s5)c4C3)nc2C(=O)O)cnn1CC12CC3(C)CC(C)(C1)CC(OCCOCCNCCS(=O)(=O)O)(C3)C2. The number of para-hydroxylation sites is 1. The van der Waals surface area contributed by atoms with Crippen molar-refractivity contribution in [1.29, 1.82) is 0 Å². The van der Waals surface area contributed by atoms with Gasteiger partial charge in [-0.1, -0.05) is 49.4 Å². The van der Waals surface area contributed by atoms with Crippen molar-refractivity contribution < 1.29 is 37.1 Å². The average Bonchev–Trinajstić information content (AvgIpc) is 3.79. The second-order valence-corrected chi connectivity index (χ2v) is 21.7. The topological polar surface area (TPSA) is 198 Å². The Hall–Kier alpha value is -4.78. The van der Waals surface area contributed by atoms with Crippen LogP contribution in [0, 0.1) is 23.2 Å². The van der Waals surface area contributed by atoms with Crippen molar-refractivity contribution in [2.75, 3.05) is 55.4 Å². The Morgan fingerprint density at radius 3 is 2.46 bits per heavy atom. The Labute approximate surface area is 371 Å². The highest BCUT2D eigenvalue weighted by atomic mass is 32.2. The molecule has 10 rings (SSSR count). The number of pyridine rings is 1. The highest BCUT2D eigenvalue weighted by Crippen LogP contribution is 2.72. The van der Waals surface area contributed by atoms with E-state index in [9.17, 15) is 23.1 Å². The molecule has 2 unspecified atom stereocenters. The number of aromatic carboxylic acids is 1. The summed E-state index contributed by atoms with van der Waals surface area (Å²) in [5.41, 5.74) is 5.38. The lowest BCUT2D eigenvalue weighted by Gasteiger charge is -2.69. The minimum atomic E-state index is -3.99. The number of nitrogens with zero attached hydrogens (tertiary/aromatic N) is 5. The maximum Gasteiger partial charge on any atom is 0.355 e. The van der Waals surface area contributed by atoms with E-state index in [2.05, 4.69) is 34.1 Å².